The zero-order chi connectivity index (χ0) is 18.3. The third kappa shape index (κ3) is 2.56. The number of hydrogen-bond donors (Lipinski definition) is 0. The molecule has 3 aromatic rings. The highest BCUT2D eigenvalue weighted by Crippen LogP contribution is 2.39. The molecule has 26 heavy (non-hydrogen) atoms. The van der Waals surface area contributed by atoms with Crippen LogP contribution in [0, 0.1) is 6.92 Å². The van der Waals surface area contributed by atoms with Crippen molar-refractivity contribution in [3.8, 4) is 0 Å². The third-order valence-electron chi connectivity index (χ3n) is 5.60. The van der Waals surface area contributed by atoms with Gasteiger partial charge < -0.3 is 14.2 Å². The predicted molar refractivity (Wildman–Crippen MR) is 108 cm³/mol. The van der Waals surface area contributed by atoms with Crippen molar-refractivity contribution in [2.75, 3.05) is 4.90 Å². The van der Waals surface area contributed by atoms with Gasteiger partial charge in [0.2, 0.25) is 5.71 Å². The molecule has 2 atom stereocenters. The van der Waals surface area contributed by atoms with Crippen LogP contribution in [0.4, 0.5) is 5.69 Å². The van der Waals surface area contributed by atoms with Crippen molar-refractivity contribution in [1.82, 2.24) is 9.88 Å². The van der Waals surface area contributed by atoms with E-state index in [2.05, 4.69) is 73.1 Å². The van der Waals surface area contributed by atoms with Gasteiger partial charge in [-0.25, -0.2) is 4.98 Å². The van der Waals surface area contributed by atoms with Crippen LogP contribution in [0.2, 0.25) is 0 Å². The van der Waals surface area contributed by atoms with E-state index in [1.165, 1.54) is 18.4 Å². The monoisotopic (exact) mass is 349 g/mol. The van der Waals surface area contributed by atoms with Gasteiger partial charge in [0.15, 0.2) is 5.58 Å². The summed E-state index contributed by atoms with van der Waals surface area (Å²) in [4.78, 5) is 9.24. The quantitative estimate of drug-likeness (QED) is 0.582. The molecular formula is C22H27N3O. The summed E-state index contributed by atoms with van der Waals surface area (Å²) >= 11 is 0. The van der Waals surface area contributed by atoms with Crippen molar-refractivity contribution in [3.63, 3.8) is 0 Å². The lowest BCUT2D eigenvalue weighted by atomic mass is 10.1. The number of fused-ring (bicyclic) bond motifs is 3. The molecule has 1 aromatic carbocycles. The predicted octanol–water partition coefficient (Wildman–Crippen LogP) is 5.81. The fourth-order valence-corrected chi connectivity index (χ4v) is 4.21. The molecule has 0 saturated carbocycles. The minimum Gasteiger partial charge on any atom is -0.435 e. The van der Waals surface area contributed by atoms with E-state index in [9.17, 15) is 0 Å². The smallest absolute Gasteiger partial charge is 0.227 e. The van der Waals surface area contributed by atoms with Crippen molar-refractivity contribution in [2.45, 2.75) is 59.2 Å². The molecule has 1 aliphatic rings. The van der Waals surface area contributed by atoms with E-state index >= 15 is 0 Å². The maximum Gasteiger partial charge on any atom is 0.227 e. The largest absolute Gasteiger partial charge is 0.435 e. The second-order valence-corrected chi connectivity index (χ2v) is 7.20. The van der Waals surface area contributed by atoms with Crippen molar-refractivity contribution in [1.29, 1.82) is 0 Å². The van der Waals surface area contributed by atoms with Gasteiger partial charge in [-0.15, -0.1) is 0 Å². The molecule has 3 heterocycles. The number of pyridine rings is 1. The topological polar surface area (TPSA) is 32.5 Å². The van der Waals surface area contributed by atoms with Crippen molar-refractivity contribution >= 4 is 27.8 Å². The van der Waals surface area contributed by atoms with Crippen LogP contribution in [-0.2, 0) is 0 Å². The molecule has 0 N–H and O–H groups in total. The number of anilines is 1. The van der Waals surface area contributed by atoms with Crippen LogP contribution >= 0.6 is 0 Å². The van der Waals surface area contributed by atoms with Crippen LogP contribution in [-0.4, -0.2) is 22.1 Å². The summed E-state index contributed by atoms with van der Waals surface area (Å²) in [6.07, 6.45) is 10.1. The van der Waals surface area contributed by atoms with Crippen molar-refractivity contribution < 1.29 is 4.42 Å². The Labute approximate surface area is 155 Å². The Balaban J connectivity index is 1.80. The molecule has 0 fully saturated rings. The maximum atomic E-state index is 6.19. The molecule has 0 radical (unpaired) electrons. The standard InChI is InChI=1S/C22H27N3O/c1-5-8-17(6-2)24-13-14-25(16(24)4)20-15(3)10-11-18-19-9-7-12-23-22(19)26-21(18)20/h7,9-14,16-17H,5-6,8H2,1-4H3/t16-,17?/m0/s1. The molecule has 0 saturated heterocycles. The van der Waals surface area contributed by atoms with E-state index in [0.717, 1.165) is 28.5 Å². The van der Waals surface area contributed by atoms with Gasteiger partial charge in [-0.3, -0.25) is 0 Å². The fourth-order valence-electron chi connectivity index (χ4n) is 4.21. The number of nitrogens with zero attached hydrogens (tertiary/aromatic N) is 3. The highest BCUT2D eigenvalue weighted by Gasteiger charge is 2.30. The summed E-state index contributed by atoms with van der Waals surface area (Å²) in [6.45, 7) is 8.97. The Morgan fingerprint density at radius 3 is 2.77 bits per heavy atom. The van der Waals surface area contributed by atoms with Crippen molar-refractivity contribution in [3.05, 3.63) is 48.4 Å². The number of aromatic nitrogens is 1. The second kappa shape index (κ2) is 6.67. The first kappa shape index (κ1) is 17.0. The van der Waals surface area contributed by atoms with Gasteiger partial charge in [0, 0.05) is 35.4 Å². The molecule has 1 aliphatic heterocycles. The van der Waals surface area contributed by atoms with Crippen LogP contribution in [0.25, 0.3) is 22.1 Å². The summed E-state index contributed by atoms with van der Waals surface area (Å²) in [6, 6.07) is 8.96. The lowest BCUT2D eigenvalue weighted by Crippen LogP contribution is -2.42. The SMILES string of the molecule is CCCC(CC)N1C=CN(c2c(C)ccc3c2oc2ncccc23)[C@H]1C. The van der Waals surface area contributed by atoms with Gasteiger partial charge in [0.05, 0.1) is 5.69 Å². The van der Waals surface area contributed by atoms with Gasteiger partial charge in [-0.05, 0) is 44.4 Å². The molecule has 4 rings (SSSR count). The van der Waals surface area contributed by atoms with Crippen LogP contribution in [0.5, 0.6) is 0 Å². The van der Waals surface area contributed by atoms with Crippen molar-refractivity contribution in [2.24, 2.45) is 0 Å². The average Bonchev–Trinajstić information content (AvgIpc) is 3.20. The van der Waals surface area contributed by atoms with Gasteiger partial charge in [0.1, 0.15) is 6.17 Å². The molecular weight excluding hydrogens is 322 g/mol. The normalized spacial score (nSPS) is 18.4. The molecule has 0 amide bonds. The number of furan rings is 1. The van der Waals surface area contributed by atoms with Gasteiger partial charge in [-0.2, -0.15) is 0 Å². The Morgan fingerprint density at radius 1 is 1.15 bits per heavy atom. The van der Waals surface area contributed by atoms with Crippen LogP contribution < -0.4 is 4.90 Å². The lowest BCUT2D eigenvalue weighted by Gasteiger charge is -2.35. The minimum atomic E-state index is 0.275. The summed E-state index contributed by atoms with van der Waals surface area (Å²) in [7, 11) is 0. The third-order valence-corrected chi connectivity index (χ3v) is 5.60. The Hall–Kier alpha value is -2.49. The van der Waals surface area contributed by atoms with Gasteiger partial charge in [0.25, 0.3) is 0 Å². The first-order valence-corrected chi connectivity index (χ1v) is 9.66. The van der Waals surface area contributed by atoms with E-state index in [0.29, 0.717) is 11.8 Å². The van der Waals surface area contributed by atoms with E-state index in [4.69, 9.17) is 4.42 Å². The Kier molecular flexibility index (Phi) is 4.35. The zero-order valence-electron chi connectivity index (χ0n) is 16.1. The van der Waals surface area contributed by atoms with Gasteiger partial charge in [-0.1, -0.05) is 32.4 Å². The van der Waals surface area contributed by atoms with Crippen LogP contribution in [0.3, 0.4) is 0 Å². The van der Waals surface area contributed by atoms with Crippen LogP contribution in [0.1, 0.15) is 45.6 Å². The summed E-state index contributed by atoms with van der Waals surface area (Å²) in [5.41, 5.74) is 4.01. The number of rotatable bonds is 5. The molecule has 0 bridgehead atoms. The summed E-state index contributed by atoms with van der Waals surface area (Å²) < 4.78 is 6.19. The fraction of sp³-hybridized carbons (Fsp3) is 0.409. The van der Waals surface area contributed by atoms with E-state index in [1.54, 1.807) is 6.20 Å². The summed E-state index contributed by atoms with van der Waals surface area (Å²) in [5.74, 6) is 0. The Bertz CT molecular complexity index is 959. The molecule has 136 valence electrons. The first-order chi connectivity index (χ1) is 12.7. The number of aryl methyl sites for hydroxylation is 1. The lowest BCUT2D eigenvalue weighted by molar-refractivity contribution is 0.216. The Morgan fingerprint density at radius 2 is 2.00 bits per heavy atom. The number of benzene rings is 1. The molecule has 0 spiro atoms. The van der Waals surface area contributed by atoms with Gasteiger partial charge >= 0.3 is 0 Å². The highest BCUT2D eigenvalue weighted by atomic mass is 16.3. The average molecular weight is 349 g/mol. The zero-order valence-corrected chi connectivity index (χ0v) is 16.1. The first-order valence-electron chi connectivity index (χ1n) is 9.66. The molecule has 4 nitrogen and oxygen atoms in total. The molecule has 4 heteroatoms. The minimum absolute atomic E-state index is 0.275. The highest BCUT2D eigenvalue weighted by molar-refractivity contribution is 6.08. The molecule has 1 unspecified atom stereocenters. The van der Waals surface area contributed by atoms with E-state index < -0.39 is 0 Å². The summed E-state index contributed by atoms with van der Waals surface area (Å²) in [5, 5.41) is 2.21. The second-order valence-electron chi connectivity index (χ2n) is 7.20. The molecule has 0 aliphatic carbocycles. The van der Waals surface area contributed by atoms with E-state index in [1.807, 2.05) is 6.07 Å². The molecule has 2 aromatic heterocycles. The number of hydrogen-bond acceptors (Lipinski definition) is 4. The van der Waals surface area contributed by atoms with E-state index in [-0.39, 0.29) is 6.17 Å². The maximum absolute atomic E-state index is 6.19. The van der Waals surface area contributed by atoms with Crippen LogP contribution in [0.15, 0.2) is 47.3 Å².